The first kappa shape index (κ1) is 17.3. The van der Waals surface area contributed by atoms with Crippen LogP contribution in [0.2, 0.25) is 0 Å². The molecule has 1 aromatic carbocycles. The first-order valence-electron chi connectivity index (χ1n) is 8.04. The number of ether oxygens (including phenoxy) is 1. The summed E-state index contributed by atoms with van der Waals surface area (Å²) in [5, 5.41) is 12.4. The summed E-state index contributed by atoms with van der Waals surface area (Å²) in [6, 6.07) is 5.64. The molecule has 1 aromatic rings. The third-order valence-corrected chi connectivity index (χ3v) is 4.70. The van der Waals surface area contributed by atoms with Crippen LogP contribution >= 0.6 is 0 Å². The van der Waals surface area contributed by atoms with Crippen LogP contribution in [0.5, 0.6) is 5.75 Å². The Balaban J connectivity index is 2.11. The van der Waals surface area contributed by atoms with Gasteiger partial charge in [0, 0.05) is 5.56 Å². The summed E-state index contributed by atoms with van der Waals surface area (Å²) < 4.78 is 5.28. The topological polar surface area (TPSA) is 75.6 Å². The molecule has 1 aliphatic carbocycles. The van der Waals surface area contributed by atoms with Crippen molar-refractivity contribution in [3.63, 3.8) is 0 Å². The van der Waals surface area contributed by atoms with Crippen molar-refractivity contribution in [1.82, 2.24) is 5.32 Å². The second-order valence-corrected chi connectivity index (χ2v) is 6.61. The molecule has 0 aromatic heterocycles. The molecule has 0 atom stereocenters. The van der Waals surface area contributed by atoms with E-state index in [2.05, 4.69) is 12.2 Å². The van der Waals surface area contributed by atoms with Gasteiger partial charge in [-0.3, -0.25) is 4.79 Å². The van der Waals surface area contributed by atoms with Crippen LogP contribution in [0.15, 0.2) is 18.2 Å². The fourth-order valence-electron chi connectivity index (χ4n) is 3.18. The van der Waals surface area contributed by atoms with Crippen molar-refractivity contribution in [3.05, 3.63) is 29.3 Å². The molecule has 5 heteroatoms. The predicted octanol–water partition coefficient (Wildman–Crippen LogP) is 2.70. The molecular weight excluding hydrogens is 294 g/mol. The summed E-state index contributed by atoms with van der Waals surface area (Å²) >= 11 is 0. The van der Waals surface area contributed by atoms with E-state index in [0.29, 0.717) is 24.5 Å². The number of benzene rings is 1. The van der Waals surface area contributed by atoms with Gasteiger partial charge in [0.2, 0.25) is 5.91 Å². The van der Waals surface area contributed by atoms with Crippen LogP contribution < -0.4 is 10.1 Å². The maximum atomic E-state index is 12.4. The number of hydrogen-bond acceptors (Lipinski definition) is 3. The van der Waals surface area contributed by atoms with Gasteiger partial charge in [-0.15, -0.1) is 0 Å². The van der Waals surface area contributed by atoms with Gasteiger partial charge < -0.3 is 15.2 Å². The second kappa shape index (κ2) is 7.02. The van der Waals surface area contributed by atoms with Gasteiger partial charge in [-0.1, -0.05) is 24.6 Å². The number of rotatable bonds is 5. The first-order valence-corrected chi connectivity index (χ1v) is 8.04. The number of carboxylic acids is 1. The molecule has 0 heterocycles. The maximum Gasteiger partial charge on any atom is 0.329 e. The molecule has 0 unspecified atom stereocenters. The zero-order valence-electron chi connectivity index (χ0n) is 14.0. The van der Waals surface area contributed by atoms with Gasteiger partial charge in [-0.25, -0.2) is 4.79 Å². The number of aryl methyl sites for hydroxylation is 1. The third-order valence-electron chi connectivity index (χ3n) is 4.70. The van der Waals surface area contributed by atoms with Crippen molar-refractivity contribution < 1.29 is 19.4 Å². The minimum absolute atomic E-state index is 0.120. The van der Waals surface area contributed by atoms with Gasteiger partial charge in [0.05, 0.1) is 13.5 Å². The maximum absolute atomic E-state index is 12.4. The van der Waals surface area contributed by atoms with Gasteiger partial charge in [0.15, 0.2) is 0 Å². The lowest BCUT2D eigenvalue weighted by Gasteiger charge is -2.36. The highest BCUT2D eigenvalue weighted by molar-refractivity contribution is 5.88. The van der Waals surface area contributed by atoms with Crippen LogP contribution in [0.25, 0.3) is 0 Å². The van der Waals surface area contributed by atoms with E-state index in [0.717, 1.165) is 24.0 Å². The Kier molecular flexibility index (Phi) is 5.29. The van der Waals surface area contributed by atoms with E-state index in [9.17, 15) is 14.7 Å². The number of aliphatic carboxylic acids is 1. The van der Waals surface area contributed by atoms with Gasteiger partial charge in [-0.05, 0) is 44.6 Å². The molecular formula is C18H25NO4. The molecule has 0 aliphatic heterocycles. The Morgan fingerprint density at radius 3 is 2.57 bits per heavy atom. The van der Waals surface area contributed by atoms with E-state index in [1.165, 1.54) is 0 Å². The summed E-state index contributed by atoms with van der Waals surface area (Å²) in [6.07, 6.45) is 2.73. The number of methoxy groups -OCH3 is 1. The Labute approximate surface area is 137 Å². The van der Waals surface area contributed by atoms with E-state index in [1.807, 2.05) is 25.1 Å². The smallest absolute Gasteiger partial charge is 0.329 e. The average Bonchev–Trinajstić information content (AvgIpc) is 2.50. The summed E-state index contributed by atoms with van der Waals surface area (Å²) in [5.74, 6) is -0.0524. The standard InChI is InChI=1S/C18H25NO4/c1-12-6-8-18(9-7-12,17(21)22)19-16(20)11-14-10-13(2)4-5-15(14)23-3/h4-5,10,12H,6-9,11H2,1-3H3,(H,19,20)(H,21,22). The van der Waals surface area contributed by atoms with Gasteiger partial charge in [0.25, 0.3) is 0 Å². The van der Waals surface area contributed by atoms with E-state index in [1.54, 1.807) is 7.11 Å². The van der Waals surface area contributed by atoms with E-state index >= 15 is 0 Å². The highest BCUT2D eigenvalue weighted by Crippen LogP contribution is 2.32. The molecule has 1 fully saturated rings. The zero-order valence-corrected chi connectivity index (χ0v) is 14.0. The number of nitrogens with one attached hydrogen (secondary N) is 1. The van der Waals surface area contributed by atoms with E-state index in [-0.39, 0.29) is 12.3 Å². The molecule has 1 aliphatic rings. The molecule has 126 valence electrons. The normalized spacial score (nSPS) is 24.0. The molecule has 0 saturated heterocycles. The summed E-state index contributed by atoms with van der Waals surface area (Å²) in [5.41, 5.74) is 0.684. The molecule has 2 N–H and O–H groups in total. The van der Waals surface area contributed by atoms with Crippen molar-refractivity contribution >= 4 is 11.9 Å². The number of amides is 1. The van der Waals surface area contributed by atoms with Crippen molar-refractivity contribution in [3.8, 4) is 5.75 Å². The van der Waals surface area contributed by atoms with Crippen LogP contribution in [0, 0.1) is 12.8 Å². The fraction of sp³-hybridized carbons (Fsp3) is 0.556. The van der Waals surface area contributed by atoms with Crippen molar-refractivity contribution in [1.29, 1.82) is 0 Å². The number of hydrogen-bond donors (Lipinski definition) is 2. The highest BCUT2D eigenvalue weighted by atomic mass is 16.5. The molecule has 1 saturated carbocycles. The number of carboxylic acid groups (broad SMARTS) is 1. The van der Waals surface area contributed by atoms with Crippen molar-refractivity contribution in [2.45, 2.75) is 51.5 Å². The Morgan fingerprint density at radius 2 is 2.00 bits per heavy atom. The summed E-state index contributed by atoms with van der Waals surface area (Å²) in [7, 11) is 1.56. The van der Waals surface area contributed by atoms with Crippen LogP contribution in [0.3, 0.4) is 0 Å². The Bertz CT molecular complexity index is 589. The predicted molar refractivity (Wildman–Crippen MR) is 87.6 cm³/mol. The monoisotopic (exact) mass is 319 g/mol. The minimum Gasteiger partial charge on any atom is -0.496 e. The van der Waals surface area contributed by atoms with Crippen molar-refractivity contribution in [2.24, 2.45) is 5.92 Å². The second-order valence-electron chi connectivity index (χ2n) is 6.61. The first-order chi connectivity index (χ1) is 10.9. The lowest BCUT2D eigenvalue weighted by atomic mass is 9.77. The average molecular weight is 319 g/mol. The molecule has 0 spiro atoms. The zero-order chi connectivity index (χ0) is 17.0. The van der Waals surface area contributed by atoms with E-state index in [4.69, 9.17) is 4.74 Å². The molecule has 23 heavy (non-hydrogen) atoms. The van der Waals surface area contributed by atoms with Gasteiger partial charge in [-0.2, -0.15) is 0 Å². The van der Waals surface area contributed by atoms with Crippen LogP contribution in [-0.4, -0.2) is 29.6 Å². The van der Waals surface area contributed by atoms with E-state index < -0.39 is 11.5 Å². The fourth-order valence-corrected chi connectivity index (χ4v) is 3.18. The summed E-state index contributed by atoms with van der Waals surface area (Å²) in [6.45, 7) is 4.06. The lowest BCUT2D eigenvalue weighted by Crippen LogP contribution is -2.56. The van der Waals surface area contributed by atoms with Crippen LogP contribution in [0.1, 0.15) is 43.7 Å². The Hall–Kier alpha value is -2.04. The number of carbonyl (C=O) groups excluding carboxylic acids is 1. The third kappa shape index (κ3) is 4.03. The SMILES string of the molecule is COc1ccc(C)cc1CC(=O)NC1(C(=O)O)CCC(C)CC1. The molecule has 2 rings (SSSR count). The van der Waals surface area contributed by atoms with Gasteiger partial charge in [0.1, 0.15) is 11.3 Å². The largest absolute Gasteiger partial charge is 0.496 e. The van der Waals surface area contributed by atoms with Gasteiger partial charge >= 0.3 is 5.97 Å². The molecule has 0 radical (unpaired) electrons. The quantitative estimate of drug-likeness (QED) is 0.875. The van der Waals surface area contributed by atoms with Crippen molar-refractivity contribution in [2.75, 3.05) is 7.11 Å². The van der Waals surface area contributed by atoms with Crippen LogP contribution in [-0.2, 0) is 16.0 Å². The van der Waals surface area contributed by atoms with Crippen LogP contribution in [0.4, 0.5) is 0 Å². The minimum atomic E-state index is -1.12. The Morgan fingerprint density at radius 1 is 1.35 bits per heavy atom. The number of carbonyl (C=O) groups is 2. The lowest BCUT2D eigenvalue weighted by molar-refractivity contribution is -0.149. The molecule has 0 bridgehead atoms. The summed E-state index contributed by atoms with van der Waals surface area (Å²) in [4.78, 5) is 24.1. The molecule has 5 nitrogen and oxygen atoms in total. The highest BCUT2D eigenvalue weighted by Gasteiger charge is 2.42. The molecule has 1 amide bonds.